The molecule has 0 aliphatic heterocycles. The van der Waals surface area contributed by atoms with Crippen molar-refractivity contribution in [1.82, 2.24) is 0 Å². The number of aliphatic imine (C=N–C) groups is 2. The number of Topliss-reactive ketones (excluding diaryl/α,β-unsaturated/α-hetero) is 4. The lowest BCUT2D eigenvalue weighted by atomic mass is 9.64. The van der Waals surface area contributed by atoms with Gasteiger partial charge >= 0.3 is 23.9 Å². The highest BCUT2D eigenvalue weighted by Gasteiger charge is 2.62. The zero-order valence-corrected chi connectivity index (χ0v) is 51.0. The molecule has 6 saturated carbocycles. The quantitative estimate of drug-likeness (QED) is 0.0568. The summed E-state index contributed by atoms with van der Waals surface area (Å²) in [5.74, 6) is -6.76. The average molecular weight is 1230 g/mol. The fourth-order valence-electron chi connectivity index (χ4n) is 16.5. The number of esters is 4. The number of thiophene rings is 1. The Kier molecular flexibility index (Phi) is 15.1. The van der Waals surface area contributed by atoms with Crippen molar-refractivity contribution in [2.45, 2.75) is 114 Å². The molecule has 0 saturated heterocycles. The highest BCUT2D eigenvalue weighted by molar-refractivity contribution is 7.25. The SMILES string of the molecule is O=C1C(=NC2=Cc3cc4sc5cc6c(cc5c4cc3C2(C(=O)OCc2ccccc2)C(=O)OCc2ccccc2)C(C(=O)OCc2ccccc2)(C(=O)OCc2ccccc2)C(N=C2C(=O)C3CC4CCCCC4CC3C2=O)=C6)C(=O)C2CC3CCCCC3CC12. The summed E-state index contributed by atoms with van der Waals surface area (Å²) in [6.45, 7) is -1.02. The van der Waals surface area contributed by atoms with Crippen LogP contribution in [-0.2, 0) is 94.6 Å². The number of fused-ring (bicyclic) bond motifs is 9. The van der Waals surface area contributed by atoms with Crippen molar-refractivity contribution < 1.29 is 57.3 Å². The first kappa shape index (κ1) is 58.3. The molecule has 8 atom stereocenters. The van der Waals surface area contributed by atoms with E-state index in [0.29, 0.717) is 103 Å². The van der Waals surface area contributed by atoms with Crippen LogP contribution in [0.2, 0.25) is 0 Å². The van der Waals surface area contributed by atoms with E-state index in [9.17, 15) is 19.2 Å². The number of rotatable bonds is 14. The van der Waals surface area contributed by atoms with Crippen LogP contribution in [0.15, 0.2) is 167 Å². The summed E-state index contributed by atoms with van der Waals surface area (Å²) in [5.41, 5.74) is -2.53. The van der Waals surface area contributed by atoms with E-state index < -0.39 is 81.5 Å². The monoisotopic (exact) mass is 1230 g/mol. The van der Waals surface area contributed by atoms with Crippen molar-refractivity contribution in [2.24, 2.45) is 57.3 Å². The van der Waals surface area contributed by atoms with Crippen molar-refractivity contribution >= 4 is 102 Å². The highest BCUT2D eigenvalue weighted by atomic mass is 32.1. The van der Waals surface area contributed by atoms with Crippen LogP contribution in [0.1, 0.15) is 122 Å². The molecular formula is C76H66N2O12S. The Balaban J connectivity index is 0.902. The molecule has 458 valence electrons. The normalized spacial score (nSPS) is 24.9. The molecule has 6 fully saturated rings. The van der Waals surface area contributed by atoms with E-state index >= 15 is 19.2 Å². The first-order valence-corrected chi connectivity index (χ1v) is 32.9. The molecule has 14 nitrogen and oxygen atoms in total. The lowest BCUT2D eigenvalue weighted by Crippen LogP contribution is -2.46. The molecule has 0 spiro atoms. The van der Waals surface area contributed by atoms with Gasteiger partial charge in [0.1, 0.15) is 37.9 Å². The second-order valence-electron chi connectivity index (χ2n) is 26.1. The molecule has 15 rings (SSSR count). The molecule has 15 heteroatoms. The molecule has 8 aliphatic rings. The lowest BCUT2D eigenvalue weighted by Gasteiger charge is -2.39. The van der Waals surface area contributed by atoms with Gasteiger partial charge in [-0.15, -0.1) is 11.3 Å². The molecule has 0 radical (unpaired) electrons. The molecule has 8 unspecified atom stereocenters. The van der Waals surface area contributed by atoms with Gasteiger partial charge in [-0.25, -0.2) is 9.98 Å². The van der Waals surface area contributed by atoms with Crippen molar-refractivity contribution in [2.75, 3.05) is 0 Å². The van der Waals surface area contributed by atoms with Crippen molar-refractivity contribution in [1.29, 1.82) is 0 Å². The van der Waals surface area contributed by atoms with Crippen LogP contribution in [0, 0.1) is 47.3 Å². The van der Waals surface area contributed by atoms with E-state index in [1.165, 1.54) is 11.3 Å². The lowest BCUT2D eigenvalue weighted by molar-refractivity contribution is -0.166. The first-order valence-electron chi connectivity index (χ1n) is 32.1. The average Bonchev–Trinajstić information content (AvgIpc) is 1.56. The van der Waals surface area contributed by atoms with Crippen molar-refractivity contribution in [3.63, 3.8) is 0 Å². The van der Waals surface area contributed by atoms with Crippen LogP contribution < -0.4 is 0 Å². The number of hydrogen-bond acceptors (Lipinski definition) is 15. The van der Waals surface area contributed by atoms with E-state index in [0.717, 1.165) is 51.4 Å². The van der Waals surface area contributed by atoms with Gasteiger partial charge in [0, 0.05) is 43.8 Å². The van der Waals surface area contributed by atoms with Crippen molar-refractivity contribution in [3.8, 4) is 0 Å². The van der Waals surface area contributed by atoms with Gasteiger partial charge in [-0.3, -0.25) is 38.4 Å². The third-order valence-electron chi connectivity index (χ3n) is 21.1. The number of carbonyl (C=O) groups is 8. The number of ether oxygens (including phenoxy) is 4. The zero-order chi connectivity index (χ0) is 62.1. The van der Waals surface area contributed by atoms with Gasteiger partial charge in [-0.05, 0) is 130 Å². The third kappa shape index (κ3) is 9.96. The van der Waals surface area contributed by atoms with Crippen LogP contribution in [-0.4, -0.2) is 58.4 Å². The summed E-state index contributed by atoms with van der Waals surface area (Å²) in [6.07, 6.45) is 13.7. The van der Waals surface area contributed by atoms with E-state index in [4.69, 9.17) is 28.9 Å². The topological polar surface area (TPSA) is 198 Å². The van der Waals surface area contributed by atoms with Crippen LogP contribution in [0.3, 0.4) is 0 Å². The molecule has 1 heterocycles. The Labute approximate surface area is 529 Å². The summed E-state index contributed by atoms with van der Waals surface area (Å²) >= 11 is 1.36. The van der Waals surface area contributed by atoms with Gasteiger partial charge in [0.05, 0.1) is 11.4 Å². The van der Waals surface area contributed by atoms with Gasteiger partial charge in [0.2, 0.25) is 10.8 Å². The fourth-order valence-corrected chi connectivity index (χ4v) is 17.7. The molecule has 1 aromatic heterocycles. The van der Waals surface area contributed by atoms with Gasteiger partial charge in [-0.1, -0.05) is 173 Å². The minimum absolute atomic E-state index is 0.109. The summed E-state index contributed by atoms with van der Waals surface area (Å²) < 4.78 is 26.3. The van der Waals surface area contributed by atoms with E-state index in [1.807, 2.05) is 36.4 Å². The standard InChI is InChI=1S/C76H66N2O12S/c79-67-55-29-47-25-13-14-26-48(47)30-56(55)68(80)65(67)77-63-35-51-33-61-53(37-59(51)75(63,71(83)87-39-43-17-5-1-6-18-43)72(84)88-40-44-19-7-2-8-20-44)54-38-60-52(34-62(54)91-61)36-64(78-66-69(81)57-31-49-27-15-16-28-50(49)32-58(57)70(66)82)76(60,73(85)89-41-45-21-9-3-10-22-45)74(86)90-42-46-23-11-4-12-24-46/h1-12,17-24,33-38,47-50,55-58H,13-16,25-32,39-42H2. The Bertz CT molecular complexity index is 3860. The number of benzene rings is 6. The minimum Gasteiger partial charge on any atom is -0.459 e. The number of nitrogens with zero attached hydrogens (tertiary/aromatic N) is 2. The summed E-state index contributed by atoms with van der Waals surface area (Å²) in [6, 6.07) is 43.0. The molecule has 7 aromatic rings. The minimum atomic E-state index is -2.51. The van der Waals surface area contributed by atoms with Crippen LogP contribution in [0.5, 0.6) is 0 Å². The second-order valence-corrected chi connectivity index (χ2v) is 27.2. The smallest absolute Gasteiger partial charge is 0.334 e. The largest absolute Gasteiger partial charge is 0.459 e. The predicted octanol–water partition coefficient (Wildman–Crippen LogP) is 13.1. The Morgan fingerprint density at radius 1 is 0.396 bits per heavy atom. The summed E-state index contributed by atoms with van der Waals surface area (Å²) in [4.78, 5) is 132. The summed E-state index contributed by atoms with van der Waals surface area (Å²) in [7, 11) is 0. The Hall–Kier alpha value is -9.08. The highest BCUT2D eigenvalue weighted by Crippen LogP contribution is 2.55. The van der Waals surface area contributed by atoms with Gasteiger partial charge < -0.3 is 18.9 Å². The molecule has 0 bridgehead atoms. The van der Waals surface area contributed by atoms with Crippen LogP contribution in [0.25, 0.3) is 32.3 Å². The molecule has 8 aliphatic carbocycles. The molecular weight excluding hydrogens is 1160 g/mol. The maximum absolute atomic E-state index is 15.8. The number of hydrogen-bond donors (Lipinski definition) is 0. The predicted molar refractivity (Wildman–Crippen MR) is 342 cm³/mol. The van der Waals surface area contributed by atoms with Gasteiger partial charge in [-0.2, -0.15) is 0 Å². The van der Waals surface area contributed by atoms with E-state index in [2.05, 4.69) is 0 Å². The number of carbonyl (C=O) groups excluding carboxylic acids is 8. The van der Waals surface area contributed by atoms with Gasteiger partial charge in [0.25, 0.3) is 0 Å². The zero-order valence-electron chi connectivity index (χ0n) is 50.1. The van der Waals surface area contributed by atoms with E-state index in [1.54, 1.807) is 121 Å². The maximum Gasteiger partial charge on any atom is 0.334 e. The molecule has 91 heavy (non-hydrogen) atoms. The first-order chi connectivity index (χ1) is 44.4. The summed E-state index contributed by atoms with van der Waals surface area (Å²) in [5, 5.41) is 0.967. The molecule has 6 aromatic carbocycles. The van der Waals surface area contributed by atoms with Crippen molar-refractivity contribution in [3.05, 3.63) is 201 Å². The van der Waals surface area contributed by atoms with Crippen LogP contribution in [0.4, 0.5) is 0 Å². The Morgan fingerprint density at radius 2 is 0.670 bits per heavy atom. The van der Waals surface area contributed by atoms with E-state index in [-0.39, 0.29) is 60.4 Å². The third-order valence-corrected chi connectivity index (χ3v) is 22.2. The van der Waals surface area contributed by atoms with Crippen LogP contribution >= 0.6 is 11.3 Å². The second kappa shape index (κ2) is 23.6. The molecule has 0 N–H and O–H groups in total. The maximum atomic E-state index is 15.8. The fraction of sp³-hybridized carbons (Fsp3) is 0.342. The Morgan fingerprint density at radius 3 is 0.945 bits per heavy atom. The number of ketones is 4. The molecule has 0 amide bonds. The van der Waals surface area contributed by atoms with Gasteiger partial charge in [0.15, 0.2) is 23.1 Å².